The number of aromatic nitrogens is 1. The van der Waals surface area contributed by atoms with Gasteiger partial charge in [-0.2, -0.15) is 0 Å². The molecule has 20 heavy (non-hydrogen) atoms. The van der Waals surface area contributed by atoms with Gasteiger partial charge in [-0.1, -0.05) is 54.6 Å². The molecule has 1 N–H and O–H groups in total. The highest BCUT2D eigenvalue weighted by Gasteiger charge is 2.32. The summed E-state index contributed by atoms with van der Waals surface area (Å²) in [5, 5.41) is 5.71. The van der Waals surface area contributed by atoms with Crippen molar-refractivity contribution in [2.45, 2.75) is 29.7 Å². The van der Waals surface area contributed by atoms with E-state index in [4.69, 9.17) is 11.6 Å². The summed E-state index contributed by atoms with van der Waals surface area (Å²) in [6.07, 6.45) is 2.87. The minimum Gasteiger partial charge on any atom is -0.309 e. The molecule has 2 nitrogen and oxygen atoms in total. The third kappa shape index (κ3) is 2.71. The lowest BCUT2D eigenvalue weighted by Crippen LogP contribution is -2.26. The number of halogens is 1. The molecular weight excluding hydrogens is 288 g/mol. The molecule has 1 aliphatic rings. The van der Waals surface area contributed by atoms with Crippen LogP contribution in [0, 0.1) is 0 Å². The summed E-state index contributed by atoms with van der Waals surface area (Å²) in [5.74, 6) is 0. The number of fused-ring (bicyclic) bond motifs is 1. The van der Waals surface area contributed by atoms with E-state index in [0.29, 0.717) is 11.3 Å². The van der Waals surface area contributed by atoms with Crippen LogP contribution in [-0.2, 0) is 6.42 Å². The van der Waals surface area contributed by atoms with E-state index in [1.807, 2.05) is 12.1 Å². The molecule has 2 unspecified atom stereocenters. The van der Waals surface area contributed by atoms with Crippen LogP contribution in [-0.4, -0.2) is 16.8 Å². The number of thioether (sulfide) groups is 1. The minimum absolute atomic E-state index is 0.374. The van der Waals surface area contributed by atoms with Gasteiger partial charge >= 0.3 is 0 Å². The monoisotopic (exact) mass is 304 g/mol. The molecule has 0 amide bonds. The van der Waals surface area contributed by atoms with Crippen molar-refractivity contribution in [1.29, 1.82) is 0 Å². The molecule has 3 rings (SSSR count). The molecule has 0 aliphatic heterocycles. The molecule has 1 aromatic heterocycles. The Balaban J connectivity index is 1.85. The van der Waals surface area contributed by atoms with Gasteiger partial charge in [-0.15, -0.1) is 0 Å². The third-order valence-corrected chi connectivity index (χ3v) is 5.30. The molecule has 0 bridgehead atoms. The second-order valence-electron chi connectivity index (χ2n) is 4.88. The van der Waals surface area contributed by atoms with E-state index in [1.165, 1.54) is 11.1 Å². The number of hydrogen-bond acceptors (Lipinski definition) is 3. The van der Waals surface area contributed by atoms with Gasteiger partial charge in [-0.3, -0.25) is 0 Å². The van der Waals surface area contributed by atoms with Crippen LogP contribution in [0.15, 0.2) is 47.6 Å². The first-order valence-electron chi connectivity index (χ1n) is 6.88. The molecule has 104 valence electrons. The van der Waals surface area contributed by atoms with Crippen molar-refractivity contribution in [1.82, 2.24) is 10.3 Å². The van der Waals surface area contributed by atoms with E-state index in [1.54, 1.807) is 18.0 Å². The first kappa shape index (κ1) is 13.9. The van der Waals surface area contributed by atoms with Crippen LogP contribution in [0.2, 0.25) is 5.02 Å². The Morgan fingerprint density at radius 3 is 2.95 bits per heavy atom. The van der Waals surface area contributed by atoms with Crippen molar-refractivity contribution >= 4 is 23.4 Å². The highest BCUT2D eigenvalue weighted by Crippen LogP contribution is 2.42. The average molecular weight is 305 g/mol. The van der Waals surface area contributed by atoms with E-state index in [2.05, 4.69) is 41.5 Å². The molecule has 0 fully saturated rings. The Hall–Kier alpha value is -1.03. The first-order chi connectivity index (χ1) is 9.79. The Bertz CT molecular complexity index is 603. The molecule has 0 radical (unpaired) electrons. The van der Waals surface area contributed by atoms with Crippen molar-refractivity contribution in [2.75, 3.05) is 6.54 Å². The summed E-state index contributed by atoms with van der Waals surface area (Å²) in [6, 6.07) is 12.8. The van der Waals surface area contributed by atoms with Crippen LogP contribution < -0.4 is 5.32 Å². The number of benzene rings is 1. The second kappa shape index (κ2) is 6.17. The zero-order valence-electron chi connectivity index (χ0n) is 11.3. The number of pyridine rings is 1. The van der Waals surface area contributed by atoms with Crippen LogP contribution in [0.5, 0.6) is 0 Å². The minimum atomic E-state index is 0.374. The van der Waals surface area contributed by atoms with Crippen LogP contribution in [0.1, 0.15) is 24.1 Å². The van der Waals surface area contributed by atoms with Crippen molar-refractivity contribution in [3.8, 4) is 0 Å². The number of nitrogens with one attached hydrogen (secondary N) is 1. The van der Waals surface area contributed by atoms with Crippen molar-refractivity contribution in [3.63, 3.8) is 0 Å². The van der Waals surface area contributed by atoms with Crippen LogP contribution >= 0.6 is 23.4 Å². The molecule has 1 aromatic carbocycles. The van der Waals surface area contributed by atoms with Crippen molar-refractivity contribution in [3.05, 3.63) is 58.7 Å². The SMILES string of the molecule is CCNC1c2ccccc2CC1Sc1ncccc1Cl. The predicted octanol–water partition coefficient (Wildman–Crippen LogP) is 4.10. The maximum absolute atomic E-state index is 6.24. The van der Waals surface area contributed by atoms with E-state index < -0.39 is 0 Å². The van der Waals surface area contributed by atoms with E-state index in [-0.39, 0.29) is 0 Å². The fraction of sp³-hybridized carbons (Fsp3) is 0.312. The third-order valence-electron chi connectivity index (χ3n) is 3.59. The number of nitrogens with zero attached hydrogens (tertiary/aromatic N) is 1. The Labute approximate surface area is 129 Å². The Morgan fingerprint density at radius 1 is 1.30 bits per heavy atom. The topological polar surface area (TPSA) is 24.9 Å². The Morgan fingerprint density at radius 2 is 2.15 bits per heavy atom. The summed E-state index contributed by atoms with van der Waals surface area (Å²) in [5.41, 5.74) is 2.85. The highest BCUT2D eigenvalue weighted by molar-refractivity contribution is 8.00. The van der Waals surface area contributed by atoms with Gasteiger partial charge in [0.1, 0.15) is 5.03 Å². The average Bonchev–Trinajstić information content (AvgIpc) is 2.80. The fourth-order valence-electron chi connectivity index (χ4n) is 2.73. The van der Waals surface area contributed by atoms with Gasteiger partial charge in [0.05, 0.1) is 5.02 Å². The molecule has 1 aliphatic carbocycles. The van der Waals surface area contributed by atoms with Gasteiger partial charge in [0.2, 0.25) is 0 Å². The summed E-state index contributed by atoms with van der Waals surface area (Å²) in [7, 11) is 0. The summed E-state index contributed by atoms with van der Waals surface area (Å²) >= 11 is 8.01. The van der Waals surface area contributed by atoms with E-state index in [0.717, 1.165) is 23.0 Å². The largest absolute Gasteiger partial charge is 0.309 e. The van der Waals surface area contributed by atoms with Gasteiger partial charge in [0, 0.05) is 17.5 Å². The maximum atomic E-state index is 6.24. The number of rotatable bonds is 4. The second-order valence-corrected chi connectivity index (χ2v) is 6.52. The van der Waals surface area contributed by atoms with E-state index in [9.17, 15) is 0 Å². The zero-order chi connectivity index (χ0) is 13.9. The van der Waals surface area contributed by atoms with Gasteiger partial charge in [-0.05, 0) is 36.2 Å². The van der Waals surface area contributed by atoms with E-state index >= 15 is 0 Å². The lowest BCUT2D eigenvalue weighted by molar-refractivity contribution is 0.560. The molecule has 4 heteroatoms. The van der Waals surface area contributed by atoms with Crippen LogP contribution in [0.3, 0.4) is 0 Å². The normalized spacial score (nSPS) is 20.9. The molecule has 0 spiro atoms. The van der Waals surface area contributed by atoms with Crippen molar-refractivity contribution < 1.29 is 0 Å². The standard InChI is InChI=1S/C16H17ClN2S/c1-2-18-15-12-7-4-3-6-11(12)10-14(15)20-16-13(17)8-5-9-19-16/h3-9,14-15,18H,2,10H2,1H3. The van der Waals surface area contributed by atoms with Crippen LogP contribution in [0.4, 0.5) is 0 Å². The molecule has 1 heterocycles. The fourth-order valence-corrected chi connectivity index (χ4v) is 4.22. The predicted molar refractivity (Wildman–Crippen MR) is 85.5 cm³/mol. The molecular formula is C16H17ClN2S. The lowest BCUT2D eigenvalue weighted by Gasteiger charge is -2.20. The lowest BCUT2D eigenvalue weighted by atomic mass is 10.1. The van der Waals surface area contributed by atoms with Gasteiger partial charge in [0.15, 0.2) is 0 Å². The first-order valence-corrected chi connectivity index (χ1v) is 8.13. The van der Waals surface area contributed by atoms with Crippen molar-refractivity contribution in [2.24, 2.45) is 0 Å². The molecule has 0 saturated heterocycles. The van der Waals surface area contributed by atoms with Gasteiger partial charge in [0.25, 0.3) is 0 Å². The molecule has 2 aromatic rings. The maximum Gasteiger partial charge on any atom is 0.115 e. The van der Waals surface area contributed by atoms with Gasteiger partial charge < -0.3 is 5.32 Å². The van der Waals surface area contributed by atoms with Crippen LogP contribution in [0.25, 0.3) is 0 Å². The summed E-state index contributed by atoms with van der Waals surface area (Å²) in [6.45, 7) is 3.11. The number of hydrogen-bond donors (Lipinski definition) is 1. The van der Waals surface area contributed by atoms with Gasteiger partial charge in [-0.25, -0.2) is 4.98 Å². The highest BCUT2D eigenvalue weighted by atomic mass is 35.5. The summed E-state index contributed by atoms with van der Waals surface area (Å²) in [4.78, 5) is 4.40. The smallest absolute Gasteiger partial charge is 0.115 e. The summed E-state index contributed by atoms with van der Waals surface area (Å²) < 4.78 is 0. The zero-order valence-corrected chi connectivity index (χ0v) is 12.9. The quantitative estimate of drug-likeness (QED) is 0.920. The Kier molecular flexibility index (Phi) is 4.29. The molecule has 0 saturated carbocycles. The molecule has 2 atom stereocenters.